The third-order valence-electron chi connectivity index (χ3n) is 2.83. The number of rotatable bonds is 5. The first kappa shape index (κ1) is 13.4. The molecule has 0 saturated heterocycles. The molecule has 0 aliphatic rings. The molecule has 1 rings (SSSR count). The van der Waals surface area contributed by atoms with E-state index < -0.39 is 5.92 Å². The molecule has 1 aromatic carbocycles. The predicted molar refractivity (Wildman–Crippen MR) is 68.6 cm³/mol. The predicted octanol–water partition coefficient (Wildman–Crippen LogP) is 3.61. The van der Waals surface area contributed by atoms with Crippen molar-refractivity contribution in [3.63, 3.8) is 0 Å². The van der Waals surface area contributed by atoms with E-state index in [0.29, 0.717) is 12.3 Å². The molecule has 0 aliphatic carbocycles. The largest absolute Gasteiger partial charge is 0.298 e. The number of hydrogen-bond donors (Lipinski definition) is 0. The summed E-state index contributed by atoms with van der Waals surface area (Å²) in [4.78, 5) is 11.9. The smallest absolute Gasteiger partial charge is 0.154 e. The third kappa shape index (κ3) is 4.03. The molecule has 2 nitrogen and oxygen atoms in total. The average Bonchev–Trinajstić information content (AvgIpc) is 2.30. The van der Waals surface area contributed by atoms with Gasteiger partial charge in [-0.05, 0) is 24.8 Å². The van der Waals surface area contributed by atoms with Gasteiger partial charge in [-0.2, -0.15) is 5.26 Å². The van der Waals surface area contributed by atoms with Crippen LogP contribution in [0.15, 0.2) is 24.3 Å². The van der Waals surface area contributed by atoms with Gasteiger partial charge in [-0.25, -0.2) is 0 Å². The van der Waals surface area contributed by atoms with Crippen molar-refractivity contribution in [3.8, 4) is 6.07 Å². The van der Waals surface area contributed by atoms with E-state index in [4.69, 9.17) is 5.26 Å². The number of carbonyl (C=O) groups is 1. The van der Waals surface area contributed by atoms with Gasteiger partial charge in [-0.1, -0.05) is 43.7 Å². The molecule has 17 heavy (non-hydrogen) atoms. The van der Waals surface area contributed by atoms with Crippen LogP contribution in [0.25, 0.3) is 0 Å². The standard InChI is InChI=1S/C15H19NO/c1-11(2)4-9-15(17)14(10-16)13-7-5-12(3)6-8-13/h5-8,11,14H,4,9H2,1-3H3. The third-order valence-corrected chi connectivity index (χ3v) is 2.83. The summed E-state index contributed by atoms with van der Waals surface area (Å²) in [5, 5.41) is 9.11. The summed E-state index contributed by atoms with van der Waals surface area (Å²) < 4.78 is 0. The lowest BCUT2D eigenvalue weighted by Gasteiger charge is -2.10. The van der Waals surface area contributed by atoms with Gasteiger partial charge in [0.1, 0.15) is 5.92 Å². The van der Waals surface area contributed by atoms with E-state index in [1.54, 1.807) is 0 Å². The van der Waals surface area contributed by atoms with Crippen LogP contribution < -0.4 is 0 Å². The molecule has 0 spiro atoms. The zero-order valence-electron chi connectivity index (χ0n) is 10.7. The van der Waals surface area contributed by atoms with Gasteiger partial charge in [0, 0.05) is 6.42 Å². The summed E-state index contributed by atoms with van der Waals surface area (Å²) in [6.07, 6.45) is 1.34. The second-order valence-corrected chi connectivity index (χ2v) is 4.87. The molecule has 0 heterocycles. The maximum absolute atomic E-state index is 11.9. The molecule has 0 bridgehead atoms. The van der Waals surface area contributed by atoms with E-state index in [0.717, 1.165) is 17.5 Å². The Hall–Kier alpha value is -1.62. The second kappa shape index (κ2) is 6.20. The zero-order valence-corrected chi connectivity index (χ0v) is 10.7. The average molecular weight is 229 g/mol. The van der Waals surface area contributed by atoms with Gasteiger partial charge in [0.2, 0.25) is 0 Å². The fraction of sp³-hybridized carbons (Fsp3) is 0.467. The van der Waals surface area contributed by atoms with Crippen LogP contribution in [-0.2, 0) is 4.79 Å². The number of nitrogens with zero attached hydrogens (tertiary/aromatic N) is 1. The first-order valence-corrected chi connectivity index (χ1v) is 6.03. The summed E-state index contributed by atoms with van der Waals surface area (Å²) in [6.45, 7) is 6.16. The molecule has 0 amide bonds. The van der Waals surface area contributed by atoms with Crippen LogP contribution in [0.3, 0.4) is 0 Å². The normalized spacial score (nSPS) is 12.2. The number of aryl methyl sites for hydroxylation is 1. The molecule has 0 fully saturated rings. The molecule has 0 saturated carbocycles. The fourth-order valence-corrected chi connectivity index (χ4v) is 1.67. The Balaban J connectivity index is 2.75. The van der Waals surface area contributed by atoms with Crippen molar-refractivity contribution < 1.29 is 4.79 Å². The molecule has 2 heteroatoms. The van der Waals surface area contributed by atoms with Crippen LogP contribution in [-0.4, -0.2) is 5.78 Å². The molecule has 1 unspecified atom stereocenters. The van der Waals surface area contributed by atoms with Crippen molar-refractivity contribution in [2.75, 3.05) is 0 Å². The maximum Gasteiger partial charge on any atom is 0.154 e. The summed E-state index contributed by atoms with van der Waals surface area (Å²) in [6, 6.07) is 9.73. The van der Waals surface area contributed by atoms with Gasteiger partial charge in [-0.3, -0.25) is 4.79 Å². The highest BCUT2D eigenvalue weighted by Crippen LogP contribution is 2.20. The van der Waals surface area contributed by atoms with Crippen molar-refractivity contribution in [2.24, 2.45) is 5.92 Å². The Morgan fingerprint density at radius 3 is 2.35 bits per heavy atom. The molecule has 0 radical (unpaired) electrons. The Morgan fingerprint density at radius 1 is 1.29 bits per heavy atom. The Bertz CT molecular complexity index is 412. The van der Waals surface area contributed by atoms with Gasteiger partial charge < -0.3 is 0 Å². The van der Waals surface area contributed by atoms with Gasteiger partial charge in [-0.15, -0.1) is 0 Å². The van der Waals surface area contributed by atoms with E-state index >= 15 is 0 Å². The SMILES string of the molecule is Cc1ccc(C(C#N)C(=O)CCC(C)C)cc1. The lowest BCUT2D eigenvalue weighted by Crippen LogP contribution is -2.11. The molecule has 1 aromatic rings. The van der Waals surface area contributed by atoms with Gasteiger partial charge >= 0.3 is 0 Å². The number of nitriles is 1. The van der Waals surface area contributed by atoms with Crippen molar-refractivity contribution >= 4 is 5.78 Å². The first-order valence-electron chi connectivity index (χ1n) is 6.03. The van der Waals surface area contributed by atoms with Crippen LogP contribution in [0.2, 0.25) is 0 Å². The maximum atomic E-state index is 11.9. The van der Waals surface area contributed by atoms with Crippen LogP contribution in [0.1, 0.15) is 43.7 Å². The van der Waals surface area contributed by atoms with E-state index in [2.05, 4.69) is 19.9 Å². The highest BCUT2D eigenvalue weighted by molar-refractivity contribution is 5.88. The van der Waals surface area contributed by atoms with E-state index in [1.165, 1.54) is 0 Å². The van der Waals surface area contributed by atoms with Gasteiger partial charge in [0.15, 0.2) is 5.78 Å². The summed E-state index contributed by atoms with van der Waals surface area (Å²) >= 11 is 0. The van der Waals surface area contributed by atoms with Gasteiger partial charge in [0.05, 0.1) is 6.07 Å². The minimum absolute atomic E-state index is 0.0325. The number of Topliss-reactive ketones (excluding diaryl/α,β-unsaturated/α-hetero) is 1. The summed E-state index contributed by atoms with van der Waals surface area (Å²) in [5.74, 6) is -0.0734. The first-order chi connectivity index (χ1) is 8.04. The molecule has 90 valence electrons. The molecule has 0 aliphatic heterocycles. The molecule has 0 aromatic heterocycles. The van der Waals surface area contributed by atoms with Crippen molar-refractivity contribution in [1.29, 1.82) is 5.26 Å². The number of benzene rings is 1. The minimum atomic E-state index is -0.602. The lowest BCUT2D eigenvalue weighted by atomic mass is 9.91. The monoisotopic (exact) mass is 229 g/mol. The number of hydrogen-bond acceptors (Lipinski definition) is 2. The Morgan fingerprint density at radius 2 is 1.88 bits per heavy atom. The topological polar surface area (TPSA) is 40.9 Å². The molecule has 1 atom stereocenters. The van der Waals surface area contributed by atoms with Crippen LogP contribution in [0, 0.1) is 24.2 Å². The summed E-state index contributed by atoms with van der Waals surface area (Å²) in [7, 11) is 0. The van der Waals surface area contributed by atoms with Crippen molar-refractivity contribution in [2.45, 2.75) is 39.5 Å². The van der Waals surface area contributed by atoms with Crippen LogP contribution in [0.5, 0.6) is 0 Å². The molecular weight excluding hydrogens is 210 g/mol. The van der Waals surface area contributed by atoms with Crippen LogP contribution >= 0.6 is 0 Å². The quantitative estimate of drug-likeness (QED) is 0.774. The van der Waals surface area contributed by atoms with Crippen molar-refractivity contribution in [1.82, 2.24) is 0 Å². The van der Waals surface area contributed by atoms with Gasteiger partial charge in [0.25, 0.3) is 0 Å². The lowest BCUT2D eigenvalue weighted by molar-refractivity contribution is -0.119. The Kier molecular flexibility index (Phi) is 4.90. The number of ketones is 1. The number of carbonyl (C=O) groups excluding carboxylic acids is 1. The Labute approximate surface area is 103 Å². The highest BCUT2D eigenvalue weighted by atomic mass is 16.1. The van der Waals surface area contributed by atoms with E-state index in [-0.39, 0.29) is 5.78 Å². The van der Waals surface area contributed by atoms with Crippen molar-refractivity contribution in [3.05, 3.63) is 35.4 Å². The molecular formula is C15H19NO. The second-order valence-electron chi connectivity index (χ2n) is 4.87. The zero-order chi connectivity index (χ0) is 12.8. The van der Waals surface area contributed by atoms with E-state index in [1.807, 2.05) is 31.2 Å². The molecule has 0 N–H and O–H groups in total. The fourth-order valence-electron chi connectivity index (χ4n) is 1.67. The highest BCUT2D eigenvalue weighted by Gasteiger charge is 2.19. The van der Waals surface area contributed by atoms with E-state index in [9.17, 15) is 4.79 Å². The minimum Gasteiger partial charge on any atom is -0.298 e. The van der Waals surface area contributed by atoms with Crippen LogP contribution in [0.4, 0.5) is 0 Å². The summed E-state index contributed by atoms with van der Waals surface area (Å²) in [5.41, 5.74) is 1.95.